The number of rotatable bonds is 5. The smallest absolute Gasteiger partial charge is 0.00951 e. The summed E-state index contributed by atoms with van der Waals surface area (Å²) in [5, 5.41) is 3.35. The molecule has 1 heterocycles. The average molecular weight is 196 g/mol. The first kappa shape index (κ1) is 10.4. The van der Waals surface area contributed by atoms with Gasteiger partial charge in [-0.2, -0.15) is 0 Å². The lowest BCUT2D eigenvalue weighted by atomic mass is 9.99. The molecule has 0 amide bonds. The highest BCUT2D eigenvalue weighted by Gasteiger charge is 2.23. The molecule has 2 heteroatoms. The van der Waals surface area contributed by atoms with Gasteiger partial charge in [0.1, 0.15) is 0 Å². The van der Waals surface area contributed by atoms with Gasteiger partial charge in [-0.15, -0.1) is 0 Å². The lowest BCUT2D eigenvalue weighted by molar-refractivity contribution is 0.180. The highest BCUT2D eigenvalue weighted by atomic mass is 15.1. The van der Waals surface area contributed by atoms with Crippen molar-refractivity contribution in [1.82, 2.24) is 10.2 Å². The minimum Gasteiger partial charge on any atom is -0.316 e. The number of nitrogens with zero attached hydrogens (tertiary/aromatic N) is 1. The van der Waals surface area contributed by atoms with Crippen LogP contribution in [-0.4, -0.2) is 37.1 Å². The second-order valence-corrected chi connectivity index (χ2v) is 4.88. The molecule has 82 valence electrons. The van der Waals surface area contributed by atoms with E-state index in [0.29, 0.717) is 0 Å². The second-order valence-electron chi connectivity index (χ2n) is 4.88. The SMILES string of the molecule is CCN(CCC1CNC1)C1CCCC1. The van der Waals surface area contributed by atoms with Crippen molar-refractivity contribution in [2.75, 3.05) is 26.2 Å². The second kappa shape index (κ2) is 5.13. The Morgan fingerprint density at radius 1 is 1.21 bits per heavy atom. The molecule has 1 saturated heterocycles. The Balaban J connectivity index is 1.68. The monoisotopic (exact) mass is 196 g/mol. The van der Waals surface area contributed by atoms with E-state index in [-0.39, 0.29) is 0 Å². The van der Waals surface area contributed by atoms with Gasteiger partial charge in [0.2, 0.25) is 0 Å². The van der Waals surface area contributed by atoms with Crippen molar-refractivity contribution in [2.24, 2.45) is 5.92 Å². The maximum Gasteiger partial charge on any atom is 0.00951 e. The predicted molar refractivity (Wildman–Crippen MR) is 60.5 cm³/mol. The van der Waals surface area contributed by atoms with Gasteiger partial charge in [-0.05, 0) is 51.4 Å². The number of hydrogen-bond acceptors (Lipinski definition) is 2. The molecule has 2 fully saturated rings. The topological polar surface area (TPSA) is 15.3 Å². The van der Waals surface area contributed by atoms with Crippen LogP contribution in [0.1, 0.15) is 39.0 Å². The maximum atomic E-state index is 3.35. The summed E-state index contributed by atoms with van der Waals surface area (Å²) in [5.74, 6) is 0.977. The Kier molecular flexibility index (Phi) is 3.82. The quantitative estimate of drug-likeness (QED) is 0.722. The van der Waals surface area contributed by atoms with Crippen LogP contribution < -0.4 is 5.32 Å². The molecular formula is C12H24N2. The molecule has 1 N–H and O–H groups in total. The van der Waals surface area contributed by atoms with E-state index in [2.05, 4.69) is 17.1 Å². The Bertz CT molecular complexity index is 160. The standard InChI is InChI=1S/C12H24N2/c1-2-14(12-5-3-4-6-12)8-7-11-9-13-10-11/h11-13H,2-10H2,1H3. The van der Waals surface area contributed by atoms with E-state index < -0.39 is 0 Å². The van der Waals surface area contributed by atoms with Crippen LogP contribution in [0.15, 0.2) is 0 Å². The maximum absolute atomic E-state index is 3.35. The highest BCUT2D eigenvalue weighted by molar-refractivity contribution is 4.80. The minimum absolute atomic E-state index is 0.924. The van der Waals surface area contributed by atoms with Crippen molar-refractivity contribution in [3.8, 4) is 0 Å². The fourth-order valence-corrected chi connectivity index (χ4v) is 2.77. The van der Waals surface area contributed by atoms with Gasteiger partial charge in [0.05, 0.1) is 0 Å². The fourth-order valence-electron chi connectivity index (χ4n) is 2.77. The molecule has 0 aromatic carbocycles. The Morgan fingerprint density at radius 2 is 1.93 bits per heavy atom. The lowest BCUT2D eigenvalue weighted by Gasteiger charge is -2.32. The summed E-state index contributed by atoms with van der Waals surface area (Å²) < 4.78 is 0. The average Bonchev–Trinajstić information content (AvgIpc) is 2.62. The van der Waals surface area contributed by atoms with Crippen LogP contribution in [0.25, 0.3) is 0 Å². The van der Waals surface area contributed by atoms with Gasteiger partial charge in [0, 0.05) is 6.04 Å². The van der Waals surface area contributed by atoms with Crippen molar-refractivity contribution in [3.05, 3.63) is 0 Å². The molecule has 0 atom stereocenters. The van der Waals surface area contributed by atoms with E-state index >= 15 is 0 Å². The molecule has 0 bridgehead atoms. The molecule has 2 aliphatic rings. The summed E-state index contributed by atoms with van der Waals surface area (Å²) >= 11 is 0. The van der Waals surface area contributed by atoms with Crippen molar-refractivity contribution in [3.63, 3.8) is 0 Å². The van der Waals surface area contributed by atoms with Crippen molar-refractivity contribution in [2.45, 2.75) is 45.1 Å². The van der Waals surface area contributed by atoms with Crippen LogP contribution in [0, 0.1) is 5.92 Å². The van der Waals surface area contributed by atoms with E-state index in [1.165, 1.54) is 58.3 Å². The Hall–Kier alpha value is -0.0800. The van der Waals surface area contributed by atoms with E-state index in [4.69, 9.17) is 0 Å². The van der Waals surface area contributed by atoms with Gasteiger partial charge in [0.15, 0.2) is 0 Å². The molecule has 2 rings (SSSR count). The zero-order valence-corrected chi connectivity index (χ0v) is 9.47. The molecule has 0 aromatic rings. The molecule has 14 heavy (non-hydrogen) atoms. The van der Waals surface area contributed by atoms with Crippen LogP contribution in [0.2, 0.25) is 0 Å². The largest absolute Gasteiger partial charge is 0.316 e. The van der Waals surface area contributed by atoms with Gasteiger partial charge in [0.25, 0.3) is 0 Å². The summed E-state index contributed by atoms with van der Waals surface area (Å²) in [6, 6.07) is 0.924. The van der Waals surface area contributed by atoms with E-state index in [9.17, 15) is 0 Å². The Labute approximate surface area is 88.1 Å². The van der Waals surface area contributed by atoms with Crippen LogP contribution in [0.5, 0.6) is 0 Å². The summed E-state index contributed by atoms with van der Waals surface area (Å²) in [6.07, 6.45) is 7.25. The third-order valence-electron chi connectivity index (χ3n) is 3.94. The molecular weight excluding hydrogens is 172 g/mol. The van der Waals surface area contributed by atoms with Crippen LogP contribution in [0.3, 0.4) is 0 Å². The fraction of sp³-hybridized carbons (Fsp3) is 1.00. The molecule has 1 saturated carbocycles. The Morgan fingerprint density at radius 3 is 2.43 bits per heavy atom. The molecule has 0 spiro atoms. The first-order chi connectivity index (χ1) is 6.90. The number of nitrogens with one attached hydrogen (secondary N) is 1. The van der Waals surface area contributed by atoms with Crippen LogP contribution in [-0.2, 0) is 0 Å². The normalized spacial score (nSPS) is 24.4. The van der Waals surface area contributed by atoms with Crippen molar-refractivity contribution < 1.29 is 0 Å². The first-order valence-corrected chi connectivity index (χ1v) is 6.35. The summed E-state index contributed by atoms with van der Waals surface area (Å²) in [7, 11) is 0. The summed E-state index contributed by atoms with van der Waals surface area (Å²) in [5.41, 5.74) is 0. The summed E-state index contributed by atoms with van der Waals surface area (Å²) in [6.45, 7) is 7.44. The number of hydrogen-bond donors (Lipinski definition) is 1. The predicted octanol–water partition coefficient (Wildman–Crippen LogP) is 1.86. The molecule has 0 aromatic heterocycles. The van der Waals surface area contributed by atoms with Gasteiger partial charge in [-0.25, -0.2) is 0 Å². The van der Waals surface area contributed by atoms with Gasteiger partial charge in [-0.1, -0.05) is 19.8 Å². The molecule has 1 aliphatic carbocycles. The van der Waals surface area contributed by atoms with Gasteiger partial charge >= 0.3 is 0 Å². The first-order valence-electron chi connectivity index (χ1n) is 6.35. The zero-order valence-electron chi connectivity index (χ0n) is 9.47. The lowest BCUT2D eigenvalue weighted by Crippen LogP contribution is -2.44. The van der Waals surface area contributed by atoms with Crippen LogP contribution >= 0.6 is 0 Å². The van der Waals surface area contributed by atoms with Crippen molar-refractivity contribution in [1.29, 1.82) is 0 Å². The van der Waals surface area contributed by atoms with E-state index in [1.807, 2.05) is 0 Å². The molecule has 0 unspecified atom stereocenters. The van der Waals surface area contributed by atoms with Gasteiger partial charge in [-0.3, -0.25) is 0 Å². The third kappa shape index (κ3) is 2.48. The zero-order chi connectivity index (χ0) is 9.80. The van der Waals surface area contributed by atoms with E-state index in [1.54, 1.807) is 0 Å². The van der Waals surface area contributed by atoms with Crippen molar-refractivity contribution >= 4 is 0 Å². The molecule has 2 nitrogen and oxygen atoms in total. The minimum atomic E-state index is 0.924. The van der Waals surface area contributed by atoms with E-state index in [0.717, 1.165) is 12.0 Å². The van der Waals surface area contributed by atoms with Crippen LogP contribution in [0.4, 0.5) is 0 Å². The third-order valence-corrected chi connectivity index (χ3v) is 3.94. The summed E-state index contributed by atoms with van der Waals surface area (Å²) in [4.78, 5) is 2.71. The molecule has 1 aliphatic heterocycles. The molecule has 0 radical (unpaired) electrons. The highest BCUT2D eigenvalue weighted by Crippen LogP contribution is 2.24. The van der Waals surface area contributed by atoms with Gasteiger partial charge < -0.3 is 10.2 Å².